The molecule has 106 valence electrons. The lowest BCUT2D eigenvalue weighted by Gasteiger charge is -2.14. The number of hydrogen-bond donors (Lipinski definition) is 0. The highest BCUT2D eigenvalue weighted by Crippen LogP contribution is 2.41. The first kappa shape index (κ1) is 13.6. The van der Waals surface area contributed by atoms with Crippen LogP contribution in [0.15, 0.2) is 66.2 Å². The zero-order chi connectivity index (χ0) is 14.7. The number of ether oxygens (including phenoxy) is 1. The van der Waals surface area contributed by atoms with Gasteiger partial charge in [0.25, 0.3) is 0 Å². The van der Waals surface area contributed by atoms with Gasteiger partial charge in [0.15, 0.2) is 0 Å². The van der Waals surface area contributed by atoms with Gasteiger partial charge in [-0.2, -0.15) is 0 Å². The van der Waals surface area contributed by atoms with Gasteiger partial charge in [-0.05, 0) is 23.1 Å². The van der Waals surface area contributed by atoms with Gasteiger partial charge in [0, 0.05) is 0 Å². The Labute approximate surface area is 125 Å². The minimum Gasteiger partial charge on any atom is -0.449 e. The Balaban J connectivity index is 2.09. The van der Waals surface area contributed by atoms with E-state index in [0.29, 0.717) is 0 Å². The number of esters is 1. The van der Waals surface area contributed by atoms with Crippen LogP contribution in [-0.4, -0.2) is 5.97 Å². The molecule has 2 aromatic rings. The zero-order valence-corrected chi connectivity index (χ0v) is 12.1. The number of hydrogen-bond acceptors (Lipinski definition) is 2. The van der Waals surface area contributed by atoms with Crippen molar-refractivity contribution < 1.29 is 9.53 Å². The fourth-order valence-electron chi connectivity index (χ4n) is 2.83. The van der Waals surface area contributed by atoms with E-state index in [9.17, 15) is 4.79 Å². The topological polar surface area (TPSA) is 26.3 Å². The average Bonchev–Trinajstić information content (AvgIpc) is 2.86. The lowest BCUT2D eigenvalue weighted by Crippen LogP contribution is -2.03. The summed E-state index contributed by atoms with van der Waals surface area (Å²) in [4.78, 5) is 12.4. The lowest BCUT2D eigenvalue weighted by atomic mass is 9.92. The molecule has 0 aromatic heterocycles. The summed E-state index contributed by atoms with van der Waals surface area (Å²) in [6, 6.07) is 19.8. The van der Waals surface area contributed by atoms with E-state index in [-0.39, 0.29) is 12.1 Å². The molecule has 0 amide bonds. The molecule has 21 heavy (non-hydrogen) atoms. The average molecular weight is 278 g/mol. The van der Waals surface area contributed by atoms with Crippen molar-refractivity contribution in [3.63, 3.8) is 0 Å². The number of rotatable bonds is 4. The maximum Gasteiger partial charge on any atom is 0.339 e. The van der Waals surface area contributed by atoms with Crippen LogP contribution in [0.4, 0.5) is 0 Å². The van der Waals surface area contributed by atoms with Crippen molar-refractivity contribution in [1.82, 2.24) is 0 Å². The van der Waals surface area contributed by atoms with Crippen molar-refractivity contribution in [3.8, 4) is 0 Å². The van der Waals surface area contributed by atoms with Gasteiger partial charge in [-0.3, -0.25) is 0 Å². The molecular formula is C19H18O2. The molecule has 2 nitrogen and oxygen atoms in total. The van der Waals surface area contributed by atoms with Crippen LogP contribution in [0.5, 0.6) is 0 Å². The second-order valence-corrected chi connectivity index (χ2v) is 5.21. The largest absolute Gasteiger partial charge is 0.449 e. The molecule has 0 N–H and O–H groups in total. The normalized spacial score (nSPS) is 18.0. The molecule has 0 saturated carbocycles. The van der Waals surface area contributed by atoms with Crippen LogP contribution < -0.4 is 0 Å². The summed E-state index contributed by atoms with van der Waals surface area (Å²) in [6.07, 6.45) is 1.62. The Morgan fingerprint density at radius 2 is 1.57 bits per heavy atom. The Morgan fingerprint density at radius 1 is 0.952 bits per heavy atom. The van der Waals surface area contributed by atoms with Gasteiger partial charge in [0.2, 0.25) is 0 Å². The van der Waals surface area contributed by atoms with Gasteiger partial charge in [0.1, 0.15) is 6.10 Å². The third-order valence-corrected chi connectivity index (χ3v) is 3.75. The smallest absolute Gasteiger partial charge is 0.339 e. The molecule has 1 unspecified atom stereocenters. The molecule has 0 fully saturated rings. The maximum absolute atomic E-state index is 12.4. The fraction of sp³-hybridized carbons (Fsp3) is 0.211. The third kappa shape index (κ3) is 2.62. The van der Waals surface area contributed by atoms with Crippen molar-refractivity contribution in [3.05, 3.63) is 77.4 Å². The molecule has 2 aromatic carbocycles. The molecule has 0 aliphatic carbocycles. The third-order valence-electron chi connectivity index (χ3n) is 3.75. The molecule has 2 heteroatoms. The maximum atomic E-state index is 12.4. The standard InChI is InChI=1S/C19H18O2/c1-2-9-16-17(14-10-5-3-6-11-14)19(20)21-18(16)15-12-7-4-8-13-15/h3-8,10-13,18H,2,9H2,1H3. The van der Waals surface area contributed by atoms with Gasteiger partial charge in [-0.1, -0.05) is 74.0 Å². The predicted molar refractivity (Wildman–Crippen MR) is 83.5 cm³/mol. The number of cyclic esters (lactones) is 1. The van der Waals surface area contributed by atoms with Crippen LogP contribution in [0.25, 0.3) is 5.57 Å². The molecule has 1 atom stereocenters. The molecule has 0 spiro atoms. The van der Waals surface area contributed by atoms with Crippen molar-refractivity contribution in [1.29, 1.82) is 0 Å². The van der Waals surface area contributed by atoms with E-state index in [2.05, 4.69) is 6.92 Å². The second-order valence-electron chi connectivity index (χ2n) is 5.21. The van der Waals surface area contributed by atoms with Gasteiger partial charge >= 0.3 is 5.97 Å². The number of carbonyl (C=O) groups is 1. The van der Waals surface area contributed by atoms with E-state index in [1.165, 1.54) is 0 Å². The van der Waals surface area contributed by atoms with Gasteiger partial charge in [-0.25, -0.2) is 4.79 Å². The molecular weight excluding hydrogens is 260 g/mol. The Bertz CT molecular complexity index is 656. The number of benzene rings is 2. The van der Waals surface area contributed by atoms with E-state index in [0.717, 1.165) is 35.1 Å². The van der Waals surface area contributed by atoms with Crippen LogP contribution >= 0.6 is 0 Å². The van der Waals surface area contributed by atoms with Crippen LogP contribution in [0.2, 0.25) is 0 Å². The van der Waals surface area contributed by atoms with Gasteiger partial charge in [-0.15, -0.1) is 0 Å². The summed E-state index contributed by atoms with van der Waals surface area (Å²) in [6.45, 7) is 2.13. The highest BCUT2D eigenvalue weighted by molar-refractivity contribution is 6.19. The summed E-state index contributed by atoms with van der Waals surface area (Å²) in [5, 5.41) is 0. The predicted octanol–water partition coefficient (Wildman–Crippen LogP) is 4.54. The van der Waals surface area contributed by atoms with Crippen molar-refractivity contribution in [2.75, 3.05) is 0 Å². The van der Waals surface area contributed by atoms with E-state index in [4.69, 9.17) is 4.74 Å². The minimum absolute atomic E-state index is 0.210. The van der Waals surface area contributed by atoms with E-state index < -0.39 is 0 Å². The van der Waals surface area contributed by atoms with Gasteiger partial charge < -0.3 is 4.74 Å². The van der Waals surface area contributed by atoms with Crippen LogP contribution in [0, 0.1) is 0 Å². The highest BCUT2D eigenvalue weighted by atomic mass is 16.5. The Kier molecular flexibility index (Phi) is 3.87. The molecule has 1 aliphatic rings. The van der Waals surface area contributed by atoms with Gasteiger partial charge in [0.05, 0.1) is 5.57 Å². The Hall–Kier alpha value is -2.35. The quantitative estimate of drug-likeness (QED) is 0.768. The molecule has 3 rings (SSSR count). The number of carbonyl (C=O) groups excluding carboxylic acids is 1. The second kappa shape index (κ2) is 5.96. The first-order valence-corrected chi connectivity index (χ1v) is 7.35. The SMILES string of the molecule is CCCC1=C(c2ccccc2)C(=O)OC1c1ccccc1. The summed E-state index contributed by atoms with van der Waals surface area (Å²) >= 11 is 0. The summed E-state index contributed by atoms with van der Waals surface area (Å²) in [5.41, 5.74) is 3.83. The van der Waals surface area contributed by atoms with Crippen molar-refractivity contribution in [2.45, 2.75) is 25.9 Å². The van der Waals surface area contributed by atoms with Crippen LogP contribution in [0.1, 0.15) is 37.0 Å². The molecule has 0 saturated heterocycles. The van der Waals surface area contributed by atoms with Crippen molar-refractivity contribution >= 4 is 11.5 Å². The molecule has 0 radical (unpaired) electrons. The van der Waals surface area contributed by atoms with Crippen molar-refractivity contribution in [2.24, 2.45) is 0 Å². The molecule has 1 heterocycles. The van der Waals surface area contributed by atoms with E-state index in [1.807, 2.05) is 60.7 Å². The van der Waals surface area contributed by atoms with E-state index >= 15 is 0 Å². The summed E-state index contributed by atoms with van der Waals surface area (Å²) < 4.78 is 5.67. The van der Waals surface area contributed by atoms with E-state index in [1.54, 1.807) is 0 Å². The first-order valence-electron chi connectivity index (χ1n) is 7.35. The highest BCUT2D eigenvalue weighted by Gasteiger charge is 2.34. The van der Waals surface area contributed by atoms with Crippen LogP contribution in [0.3, 0.4) is 0 Å². The molecule has 1 aliphatic heterocycles. The minimum atomic E-state index is -0.242. The first-order chi connectivity index (χ1) is 10.3. The summed E-state index contributed by atoms with van der Waals surface area (Å²) in [7, 11) is 0. The fourth-order valence-corrected chi connectivity index (χ4v) is 2.83. The molecule has 0 bridgehead atoms. The lowest BCUT2D eigenvalue weighted by molar-refractivity contribution is -0.138. The summed E-state index contributed by atoms with van der Waals surface area (Å²) in [5.74, 6) is -0.210. The monoisotopic (exact) mass is 278 g/mol. The van der Waals surface area contributed by atoms with Crippen LogP contribution in [-0.2, 0) is 9.53 Å². The Morgan fingerprint density at radius 3 is 2.19 bits per heavy atom. The zero-order valence-electron chi connectivity index (χ0n) is 12.1.